The summed E-state index contributed by atoms with van der Waals surface area (Å²) in [4.78, 5) is 29.5. The van der Waals surface area contributed by atoms with Gasteiger partial charge in [0.05, 0.1) is 11.0 Å². The zero-order valence-electron chi connectivity index (χ0n) is 14.7. The van der Waals surface area contributed by atoms with E-state index in [1.807, 2.05) is 24.0 Å². The number of benzene rings is 1. The molecule has 1 unspecified atom stereocenters. The summed E-state index contributed by atoms with van der Waals surface area (Å²) in [5.41, 5.74) is 1.71. The van der Waals surface area contributed by atoms with Gasteiger partial charge >= 0.3 is 0 Å². The van der Waals surface area contributed by atoms with Crippen molar-refractivity contribution in [3.8, 4) is 0 Å². The van der Waals surface area contributed by atoms with Crippen LogP contribution in [0.2, 0.25) is 0 Å². The van der Waals surface area contributed by atoms with Crippen LogP contribution in [0.4, 0.5) is 11.4 Å². The minimum Gasteiger partial charge on any atom is -0.366 e. The number of rotatable bonds is 5. The van der Waals surface area contributed by atoms with Crippen molar-refractivity contribution in [3.63, 3.8) is 0 Å². The molecule has 1 atom stereocenters. The molecule has 0 bridgehead atoms. The summed E-state index contributed by atoms with van der Waals surface area (Å²) in [6.07, 6.45) is 4.81. The molecule has 1 aromatic carbocycles. The predicted molar refractivity (Wildman–Crippen MR) is 98.8 cm³/mol. The van der Waals surface area contributed by atoms with Crippen LogP contribution in [-0.4, -0.2) is 28.9 Å². The van der Waals surface area contributed by atoms with Gasteiger partial charge < -0.3 is 10.2 Å². The summed E-state index contributed by atoms with van der Waals surface area (Å²) in [7, 11) is 0. The van der Waals surface area contributed by atoms with Crippen LogP contribution in [0.15, 0.2) is 48.8 Å². The van der Waals surface area contributed by atoms with E-state index in [-0.39, 0.29) is 28.5 Å². The molecule has 26 heavy (non-hydrogen) atoms. The van der Waals surface area contributed by atoms with E-state index in [2.05, 4.69) is 10.3 Å². The Kier molecular flexibility index (Phi) is 5.46. The molecule has 0 saturated carbocycles. The first-order chi connectivity index (χ1) is 12.6. The summed E-state index contributed by atoms with van der Waals surface area (Å²) < 4.78 is 0. The lowest BCUT2D eigenvalue weighted by molar-refractivity contribution is -0.384. The standard InChI is InChI=1S/C19H22N4O3/c1-14(16-5-4-10-20-13-16)21-19(24)15-8-11-22(12-9-15)17-6-2-3-7-18(17)23(25)26/h2-7,10,13-15H,8-9,11-12H2,1H3,(H,21,24). The highest BCUT2D eigenvalue weighted by molar-refractivity contribution is 5.79. The van der Waals surface area contributed by atoms with Crippen molar-refractivity contribution in [2.24, 2.45) is 5.92 Å². The van der Waals surface area contributed by atoms with E-state index in [1.165, 1.54) is 6.07 Å². The highest BCUT2D eigenvalue weighted by atomic mass is 16.6. The Bertz CT molecular complexity index is 773. The zero-order valence-corrected chi connectivity index (χ0v) is 14.7. The Morgan fingerprint density at radius 1 is 1.27 bits per heavy atom. The number of carbonyl (C=O) groups excluding carboxylic acids is 1. The number of pyridine rings is 1. The minimum atomic E-state index is -0.357. The van der Waals surface area contributed by atoms with Gasteiger partial charge in [-0.25, -0.2) is 0 Å². The topological polar surface area (TPSA) is 88.4 Å². The van der Waals surface area contributed by atoms with Gasteiger partial charge in [0, 0.05) is 37.5 Å². The van der Waals surface area contributed by atoms with Gasteiger partial charge in [0.15, 0.2) is 0 Å². The molecule has 1 N–H and O–H groups in total. The third kappa shape index (κ3) is 3.99. The Morgan fingerprint density at radius 3 is 2.65 bits per heavy atom. The molecule has 1 aliphatic rings. The number of aromatic nitrogens is 1. The Hall–Kier alpha value is -2.96. The van der Waals surface area contributed by atoms with Gasteiger partial charge in [-0.1, -0.05) is 18.2 Å². The van der Waals surface area contributed by atoms with E-state index in [9.17, 15) is 14.9 Å². The van der Waals surface area contributed by atoms with E-state index in [1.54, 1.807) is 30.6 Å². The fraction of sp³-hybridized carbons (Fsp3) is 0.368. The van der Waals surface area contributed by atoms with E-state index in [0.717, 1.165) is 5.56 Å². The van der Waals surface area contributed by atoms with Crippen LogP contribution in [0.25, 0.3) is 0 Å². The number of nitrogens with one attached hydrogen (secondary N) is 1. The molecule has 1 aromatic heterocycles. The van der Waals surface area contributed by atoms with Crippen LogP contribution < -0.4 is 10.2 Å². The average molecular weight is 354 g/mol. The van der Waals surface area contributed by atoms with Crippen LogP contribution in [0.1, 0.15) is 31.4 Å². The Labute approximate surface area is 152 Å². The molecule has 1 amide bonds. The molecule has 1 aliphatic heterocycles. The van der Waals surface area contributed by atoms with Gasteiger partial charge in [0.25, 0.3) is 5.69 Å². The Balaban J connectivity index is 1.58. The molecule has 7 heteroatoms. The maximum atomic E-state index is 12.5. The lowest BCUT2D eigenvalue weighted by Crippen LogP contribution is -2.41. The smallest absolute Gasteiger partial charge is 0.292 e. The second-order valence-electron chi connectivity index (χ2n) is 6.52. The van der Waals surface area contributed by atoms with Crippen molar-refractivity contribution in [3.05, 3.63) is 64.5 Å². The van der Waals surface area contributed by atoms with Gasteiger partial charge in [0.2, 0.25) is 5.91 Å². The summed E-state index contributed by atoms with van der Waals surface area (Å²) in [5.74, 6) is -0.0447. The van der Waals surface area contributed by atoms with Gasteiger partial charge in [-0.15, -0.1) is 0 Å². The van der Waals surface area contributed by atoms with Crippen LogP contribution in [-0.2, 0) is 4.79 Å². The molecule has 7 nitrogen and oxygen atoms in total. The first kappa shape index (κ1) is 17.8. The summed E-state index contributed by atoms with van der Waals surface area (Å²) >= 11 is 0. The maximum absolute atomic E-state index is 12.5. The molecule has 2 heterocycles. The average Bonchev–Trinajstić information content (AvgIpc) is 2.68. The van der Waals surface area contributed by atoms with Crippen molar-refractivity contribution < 1.29 is 9.72 Å². The lowest BCUT2D eigenvalue weighted by Gasteiger charge is -2.33. The number of hydrogen-bond acceptors (Lipinski definition) is 5. The highest BCUT2D eigenvalue weighted by Gasteiger charge is 2.28. The lowest BCUT2D eigenvalue weighted by atomic mass is 9.94. The monoisotopic (exact) mass is 354 g/mol. The third-order valence-electron chi connectivity index (χ3n) is 4.83. The second kappa shape index (κ2) is 7.95. The van der Waals surface area contributed by atoms with Crippen LogP contribution in [0, 0.1) is 16.0 Å². The molecule has 0 aliphatic carbocycles. The molecule has 1 saturated heterocycles. The van der Waals surface area contributed by atoms with E-state index < -0.39 is 0 Å². The van der Waals surface area contributed by atoms with Gasteiger partial charge in [-0.2, -0.15) is 0 Å². The largest absolute Gasteiger partial charge is 0.366 e. The molecule has 136 valence electrons. The van der Waals surface area contributed by atoms with Crippen molar-refractivity contribution >= 4 is 17.3 Å². The first-order valence-electron chi connectivity index (χ1n) is 8.75. The highest BCUT2D eigenvalue weighted by Crippen LogP contribution is 2.31. The van der Waals surface area contributed by atoms with Crippen molar-refractivity contribution in [1.29, 1.82) is 0 Å². The van der Waals surface area contributed by atoms with Crippen LogP contribution in [0.5, 0.6) is 0 Å². The van der Waals surface area contributed by atoms with E-state index in [0.29, 0.717) is 31.6 Å². The number of nitro groups is 1. The first-order valence-corrected chi connectivity index (χ1v) is 8.75. The fourth-order valence-electron chi connectivity index (χ4n) is 3.32. The van der Waals surface area contributed by atoms with E-state index in [4.69, 9.17) is 0 Å². The number of amides is 1. The number of piperidine rings is 1. The van der Waals surface area contributed by atoms with Gasteiger partial charge in [-0.05, 0) is 37.5 Å². The maximum Gasteiger partial charge on any atom is 0.292 e. The number of anilines is 1. The van der Waals surface area contributed by atoms with Gasteiger partial charge in [0.1, 0.15) is 5.69 Å². The minimum absolute atomic E-state index is 0.0311. The fourth-order valence-corrected chi connectivity index (χ4v) is 3.32. The Morgan fingerprint density at radius 2 is 2.00 bits per heavy atom. The van der Waals surface area contributed by atoms with E-state index >= 15 is 0 Å². The number of hydrogen-bond donors (Lipinski definition) is 1. The molecular weight excluding hydrogens is 332 g/mol. The second-order valence-corrected chi connectivity index (χ2v) is 6.52. The molecular formula is C19H22N4O3. The van der Waals surface area contributed by atoms with Crippen molar-refractivity contribution in [2.75, 3.05) is 18.0 Å². The number of nitro benzene ring substituents is 1. The van der Waals surface area contributed by atoms with Crippen molar-refractivity contribution in [2.45, 2.75) is 25.8 Å². The molecule has 2 aromatic rings. The summed E-state index contributed by atoms with van der Waals surface area (Å²) in [6.45, 7) is 3.20. The normalized spacial score (nSPS) is 16.1. The predicted octanol–water partition coefficient (Wildman–Crippen LogP) is 3.08. The SMILES string of the molecule is CC(NC(=O)C1CCN(c2ccccc2[N+](=O)[O-])CC1)c1cccnc1. The molecule has 0 radical (unpaired) electrons. The number of carbonyl (C=O) groups is 1. The van der Waals surface area contributed by atoms with Crippen molar-refractivity contribution in [1.82, 2.24) is 10.3 Å². The quantitative estimate of drug-likeness (QED) is 0.658. The third-order valence-corrected chi connectivity index (χ3v) is 4.83. The number of para-hydroxylation sites is 2. The van der Waals surface area contributed by atoms with Crippen LogP contribution >= 0.6 is 0 Å². The molecule has 0 spiro atoms. The van der Waals surface area contributed by atoms with Crippen LogP contribution in [0.3, 0.4) is 0 Å². The number of nitrogens with zero attached hydrogens (tertiary/aromatic N) is 3. The van der Waals surface area contributed by atoms with Gasteiger partial charge in [-0.3, -0.25) is 19.9 Å². The summed E-state index contributed by atoms with van der Waals surface area (Å²) in [6, 6.07) is 10.5. The molecule has 1 fully saturated rings. The zero-order chi connectivity index (χ0) is 18.5. The summed E-state index contributed by atoms with van der Waals surface area (Å²) in [5, 5.41) is 14.2. The molecule has 3 rings (SSSR count).